The molecule has 0 saturated carbocycles. The van der Waals surface area contributed by atoms with Crippen LogP contribution >= 0.6 is 11.6 Å². The molecule has 4 rings (SSSR count). The number of fused-ring (bicyclic) bond motifs is 1. The van der Waals surface area contributed by atoms with Crippen LogP contribution in [0.4, 0.5) is 0 Å². The SMILES string of the molecule is CCCOc1ccc(OCC(=O)N2CCC(c3nc4cc(Cl)ccc4o3)CC2)cc1. The van der Waals surface area contributed by atoms with Crippen LogP contribution < -0.4 is 9.47 Å². The zero-order valence-electron chi connectivity index (χ0n) is 17.0. The molecule has 2 aromatic carbocycles. The zero-order chi connectivity index (χ0) is 20.9. The predicted molar refractivity (Wildman–Crippen MR) is 115 cm³/mol. The lowest BCUT2D eigenvalue weighted by Crippen LogP contribution is -2.40. The maximum atomic E-state index is 12.5. The number of ether oxygens (including phenoxy) is 2. The summed E-state index contributed by atoms with van der Waals surface area (Å²) in [5.74, 6) is 2.38. The van der Waals surface area contributed by atoms with Gasteiger partial charge in [-0.05, 0) is 61.7 Å². The Hall–Kier alpha value is -2.73. The first-order chi connectivity index (χ1) is 14.6. The number of benzene rings is 2. The Morgan fingerprint density at radius 1 is 1.13 bits per heavy atom. The Morgan fingerprint density at radius 2 is 1.83 bits per heavy atom. The minimum atomic E-state index is -0.0101. The lowest BCUT2D eigenvalue weighted by Gasteiger charge is -2.30. The minimum absolute atomic E-state index is 0.0101. The number of hydrogen-bond donors (Lipinski definition) is 0. The van der Waals surface area contributed by atoms with Gasteiger partial charge < -0.3 is 18.8 Å². The Kier molecular flexibility index (Phi) is 6.43. The molecular weight excluding hydrogens is 404 g/mol. The summed E-state index contributed by atoms with van der Waals surface area (Å²) in [5, 5.41) is 0.644. The summed E-state index contributed by atoms with van der Waals surface area (Å²) >= 11 is 6.03. The van der Waals surface area contributed by atoms with Crippen molar-refractivity contribution in [3.8, 4) is 11.5 Å². The van der Waals surface area contributed by atoms with Crippen molar-refractivity contribution < 1.29 is 18.7 Å². The van der Waals surface area contributed by atoms with Crippen molar-refractivity contribution in [1.82, 2.24) is 9.88 Å². The molecule has 1 aliphatic rings. The second-order valence-electron chi connectivity index (χ2n) is 7.43. The standard InChI is InChI=1S/C23H25ClN2O4/c1-2-13-28-18-4-6-19(7-5-18)29-15-22(27)26-11-9-16(10-12-26)23-25-20-14-17(24)3-8-21(20)30-23/h3-8,14,16H,2,9-13,15H2,1H3. The van der Waals surface area contributed by atoms with E-state index < -0.39 is 0 Å². The summed E-state index contributed by atoms with van der Waals surface area (Å²) in [6, 6.07) is 12.8. The number of amides is 1. The van der Waals surface area contributed by atoms with Gasteiger partial charge >= 0.3 is 0 Å². The fourth-order valence-corrected chi connectivity index (χ4v) is 3.72. The van der Waals surface area contributed by atoms with Gasteiger partial charge in [0.2, 0.25) is 0 Å². The number of hydrogen-bond acceptors (Lipinski definition) is 5. The van der Waals surface area contributed by atoms with Gasteiger partial charge in [0.1, 0.15) is 17.0 Å². The summed E-state index contributed by atoms with van der Waals surface area (Å²) in [5.41, 5.74) is 1.52. The zero-order valence-corrected chi connectivity index (χ0v) is 17.7. The van der Waals surface area contributed by atoms with Crippen molar-refractivity contribution in [2.75, 3.05) is 26.3 Å². The van der Waals surface area contributed by atoms with Crippen LogP contribution in [0.5, 0.6) is 11.5 Å². The van der Waals surface area contributed by atoms with E-state index in [1.54, 1.807) is 6.07 Å². The van der Waals surface area contributed by atoms with Crippen LogP contribution in [0.15, 0.2) is 46.9 Å². The van der Waals surface area contributed by atoms with Crippen molar-refractivity contribution in [3.63, 3.8) is 0 Å². The number of carbonyl (C=O) groups excluding carboxylic acids is 1. The van der Waals surface area contributed by atoms with E-state index in [1.807, 2.05) is 41.3 Å². The Labute approximate surface area is 180 Å². The number of rotatable bonds is 7. The number of nitrogens with zero attached hydrogens (tertiary/aromatic N) is 2. The first-order valence-electron chi connectivity index (χ1n) is 10.3. The molecular formula is C23H25ClN2O4. The van der Waals surface area contributed by atoms with Crippen molar-refractivity contribution >= 4 is 28.6 Å². The van der Waals surface area contributed by atoms with Gasteiger partial charge in [-0.1, -0.05) is 18.5 Å². The molecule has 0 unspecified atom stereocenters. The highest BCUT2D eigenvalue weighted by Gasteiger charge is 2.27. The molecule has 1 fully saturated rings. The monoisotopic (exact) mass is 428 g/mol. The summed E-state index contributed by atoms with van der Waals surface area (Å²) in [4.78, 5) is 18.9. The number of halogens is 1. The lowest BCUT2D eigenvalue weighted by molar-refractivity contribution is -0.134. The van der Waals surface area contributed by atoms with Crippen LogP contribution in [0, 0.1) is 0 Å². The van der Waals surface area contributed by atoms with Gasteiger partial charge in [0.05, 0.1) is 6.61 Å². The molecule has 0 bridgehead atoms. The summed E-state index contributed by atoms with van der Waals surface area (Å²) < 4.78 is 17.1. The fourth-order valence-electron chi connectivity index (χ4n) is 3.56. The quantitative estimate of drug-likeness (QED) is 0.526. The van der Waals surface area contributed by atoms with Gasteiger partial charge in [-0.15, -0.1) is 0 Å². The van der Waals surface area contributed by atoms with Crippen LogP contribution in [0.2, 0.25) is 5.02 Å². The predicted octanol–water partition coefficient (Wildman–Crippen LogP) is 5.06. The highest BCUT2D eigenvalue weighted by molar-refractivity contribution is 6.31. The van der Waals surface area contributed by atoms with E-state index in [0.29, 0.717) is 30.5 Å². The topological polar surface area (TPSA) is 64.8 Å². The summed E-state index contributed by atoms with van der Waals surface area (Å²) in [6.07, 6.45) is 2.59. The molecule has 2 heterocycles. The van der Waals surface area contributed by atoms with E-state index in [1.165, 1.54) is 0 Å². The molecule has 0 N–H and O–H groups in total. The van der Waals surface area contributed by atoms with Gasteiger partial charge in [0.25, 0.3) is 5.91 Å². The van der Waals surface area contributed by atoms with E-state index in [-0.39, 0.29) is 18.4 Å². The van der Waals surface area contributed by atoms with Gasteiger partial charge in [-0.25, -0.2) is 4.98 Å². The average molecular weight is 429 g/mol. The molecule has 6 nitrogen and oxygen atoms in total. The largest absolute Gasteiger partial charge is 0.494 e. The molecule has 1 amide bonds. The van der Waals surface area contributed by atoms with Crippen LogP contribution in [-0.4, -0.2) is 42.1 Å². The molecule has 158 valence electrons. The maximum absolute atomic E-state index is 12.5. The molecule has 1 aromatic heterocycles. The highest BCUT2D eigenvalue weighted by atomic mass is 35.5. The number of carbonyl (C=O) groups is 1. The fraction of sp³-hybridized carbons (Fsp3) is 0.391. The van der Waals surface area contributed by atoms with Crippen molar-refractivity contribution in [3.05, 3.63) is 53.4 Å². The number of piperidine rings is 1. The highest BCUT2D eigenvalue weighted by Crippen LogP contribution is 2.31. The number of aromatic nitrogens is 1. The molecule has 1 aliphatic heterocycles. The minimum Gasteiger partial charge on any atom is -0.494 e. The average Bonchev–Trinajstić information content (AvgIpc) is 3.20. The van der Waals surface area contributed by atoms with Gasteiger partial charge in [-0.2, -0.15) is 0 Å². The van der Waals surface area contributed by atoms with Crippen LogP contribution in [0.1, 0.15) is 38.0 Å². The Bertz CT molecular complexity index is 994. The second kappa shape index (κ2) is 9.39. The molecule has 30 heavy (non-hydrogen) atoms. The maximum Gasteiger partial charge on any atom is 0.260 e. The summed E-state index contributed by atoms with van der Waals surface area (Å²) in [7, 11) is 0. The normalized spacial score (nSPS) is 14.8. The second-order valence-corrected chi connectivity index (χ2v) is 7.86. The third-order valence-corrected chi connectivity index (χ3v) is 5.46. The summed E-state index contributed by atoms with van der Waals surface area (Å²) in [6.45, 7) is 4.11. The van der Waals surface area contributed by atoms with Gasteiger partial charge in [-0.3, -0.25) is 4.79 Å². The lowest BCUT2D eigenvalue weighted by atomic mass is 9.97. The van der Waals surface area contributed by atoms with Gasteiger partial charge in [0.15, 0.2) is 18.1 Å². The van der Waals surface area contributed by atoms with Crippen LogP contribution in [0.3, 0.4) is 0 Å². The smallest absolute Gasteiger partial charge is 0.260 e. The molecule has 0 radical (unpaired) electrons. The molecule has 0 atom stereocenters. The number of likely N-dealkylation sites (tertiary alicyclic amines) is 1. The van der Waals surface area contributed by atoms with Gasteiger partial charge in [0, 0.05) is 24.0 Å². The number of oxazole rings is 1. The van der Waals surface area contributed by atoms with E-state index in [2.05, 4.69) is 11.9 Å². The van der Waals surface area contributed by atoms with Crippen molar-refractivity contribution in [2.45, 2.75) is 32.1 Å². The molecule has 7 heteroatoms. The van der Waals surface area contributed by atoms with Crippen molar-refractivity contribution in [1.29, 1.82) is 0 Å². The molecule has 0 aliphatic carbocycles. The third kappa shape index (κ3) is 4.87. The van der Waals surface area contributed by atoms with E-state index in [4.69, 9.17) is 25.5 Å². The molecule has 1 saturated heterocycles. The first kappa shape index (κ1) is 20.5. The molecule has 0 spiro atoms. The van der Waals surface area contributed by atoms with E-state index in [0.717, 1.165) is 42.0 Å². The Balaban J connectivity index is 1.26. The van der Waals surface area contributed by atoms with E-state index in [9.17, 15) is 4.79 Å². The van der Waals surface area contributed by atoms with E-state index >= 15 is 0 Å². The van der Waals surface area contributed by atoms with Crippen molar-refractivity contribution in [2.24, 2.45) is 0 Å². The van der Waals surface area contributed by atoms with Crippen LogP contribution in [-0.2, 0) is 4.79 Å². The first-order valence-corrected chi connectivity index (χ1v) is 10.7. The Morgan fingerprint density at radius 3 is 2.53 bits per heavy atom. The third-order valence-electron chi connectivity index (χ3n) is 5.22. The molecule has 3 aromatic rings. The van der Waals surface area contributed by atoms with Crippen LogP contribution in [0.25, 0.3) is 11.1 Å².